The second-order valence-corrected chi connectivity index (χ2v) is 2.37. The van der Waals surface area contributed by atoms with Gasteiger partial charge in [0.1, 0.15) is 0 Å². The van der Waals surface area contributed by atoms with E-state index in [4.69, 9.17) is 5.11 Å². The molecule has 0 aliphatic carbocycles. The quantitative estimate of drug-likeness (QED) is 0.498. The van der Waals surface area contributed by atoms with Crippen LogP contribution in [0.15, 0.2) is 24.4 Å². The van der Waals surface area contributed by atoms with Crippen LogP contribution in [0.5, 0.6) is 11.5 Å². The molecular formula is C8H7NO2. The molecule has 0 aliphatic rings. The predicted octanol–water partition coefficient (Wildman–Crippen LogP) is 1.58. The zero-order valence-corrected chi connectivity index (χ0v) is 5.70. The van der Waals surface area contributed by atoms with Gasteiger partial charge >= 0.3 is 0 Å². The molecule has 2 rings (SSSR count). The van der Waals surface area contributed by atoms with Crippen molar-refractivity contribution < 1.29 is 10.2 Å². The number of hydrogen-bond acceptors (Lipinski definition) is 2. The van der Waals surface area contributed by atoms with Crippen molar-refractivity contribution in [1.82, 2.24) is 4.98 Å². The fraction of sp³-hybridized carbons (Fsp3) is 0. The summed E-state index contributed by atoms with van der Waals surface area (Å²) in [6.07, 6.45) is 1.71. The summed E-state index contributed by atoms with van der Waals surface area (Å²) < 4.78 is 0. The van der Waals surface area contributed by atoms with Gasteiger partial charge in [-0.15, -0.1) is 0 Å². The minimum Gasteiger partial charge on any atom is -0.504 e. The smallest absolute Gasteiger partial charge is 0.166 e. The van der Waals surface area contributed by atoms with E-state index in [9.17, 15) is 5.11 Å². The van der Waals surface area contributed by atoms with E-state index < -0.39 is 0 Å². The molecule has 0 saturated carbocycles. The lowest BCUT2D eigenvalue weighted by Crippen LogP contribution is -1.70. The van der Waals surface area contributed by atoms with E-state index in [2.05, 4.69) is 4.98 Å². The molecule has 0 fully saturated rings. The first-order chi connectivity index (χ1) is 5.29. The molecule has 56 valence electrons. The highest BCUT2D eigenvalue weighted by Crippen LogP contribution is 2.32. The molecule has 1 heterocycles. The number of nitrogens with one attached hydrogen (secondary N) is 1. The molecule has 0 radical (unpaired) electrons. The lowest BCUT2D eigenvalue weighted by molar-refractivity contribution is 0.408. The van der Waals surface area contributed by atoms with Crippen LogP contribution in [0.1, 0.15) is 0 Å². The van der Waals surface area contributed by atoms with Gasteiger partial charge in [-0.05, 0) is 18.2 Å². The zero-order chi connectivity index (χ0) is 7.84. The molecule has 0 amide bonds. The van der Waals surface area contributed by atoms with Gasteiger partial charge < -0.3 is 15.2 Å². The molecular weight excluding hydrogens is 142 g/mol. The van der Waals surface area contributed by atoms with Gasteiger partial charge in [0, 0.05) is 17.1 Å². The molecule has 3 heteroatoms. The van der Waals surface area contributed by atoms with Crippen LogP contribution >= 0.6 is 0 Å². The van der Waals surface area contributed by atoms with Crippen LogP contribution in [0.3, 0.4) is 0 Å². The summed E-state index contributed by atoms with van der Waals surface area (Å²) >= 11 is 0. The first kappa shape index (κ1) is 6.09. The van der Waals surface area contributed by atoms with Crippen LogP contribution in [0.25, 0.3) is 10.9 Å². The van der Waals surface area contributed by atoms with E-state index in [1.54, 1.807) is 18.3 Å². The molecule has 11 heavy (non-hydrogen) atoms. The molecule has 0 aliphatic heterocycles. The first-order valence-corrected chi connectivity index (χ1v) is 3.27. The molecule has 2 aromatic rings. The van der Waals surface area contributed by atoms with Crippen molar-refractivity contribution in [2.45, 2.75) is 0 Å². The fourth-order valence-electron chi connectivity index (χ4n) is 1.11. The lowest BCUT2D eigenvalue weighted by atomic mass is 10.2. The number of aromatic nitrogens is 1. The maximum Gasteiger partial charge on any atom is 0.166 e. The summed E-state index contributed by atoms with van der Waals surface area (Å²) in [6, 6.07) is 4.88. The van der Waals surface area contributed by atoms with Crippen molar-refractivity contribution in [3.8, 4) is 11.5 Å². The van der Waals surface area contributed by atoms with Crippen molar-refractivity contribution in [2.24, 2.45) is 0 Å². The Hall–Kier alpha value is -1.64. The van der Waals surface area contributed by atoms with Gasteiger partial charge in [-0.3, -0.25) is 0 Å². The molecule has 1 aromatic carbocycles. The van der Waals surface area contributed by atoms with Crippen LogP contribution in [0.2, 0.25) is 0 Å². The summed E-state index contributed by atoms with van der Waals surface area (Å²) in [5.74, 6) is -0.152. The van der Waals surface area contributed by atoms with Crippen molar-refractivity contribution in [3.05, 3.63) is 24.4 Å². The van der Waals surface area contributed by atoms with E-state index in [1.165, 1.54) is 6.07 Å². The van der Waals surface area contributed by atoms with E-state index in [0.717, 1.165) is 5.52 Å². The summed E-state index contributed by atoms with van der Waals surface area (Å²) in [4.78, 5) is 2.92. The van der Waals surface area contributed by atoms with Gasteiger partial charge in [-0.2, -0.15) is 0 Å². The van der Waals surface area contributed by atoms with Gasteiger partial charge in [0.15, 0.2) is 11.5 Å². The SMILES string of the molecule is Oc1ccc2[nH]ccc2c1O. The molecule has 0 bridgehead atoms. The molecule has 0 spiro atoms. The number of aromatic hydroxyl groups is 2. The predicted molar refractivity (Wildman–Crippen MR) is 41.6 cm³/mol. The number of phenolic OH excluding ortho intramolecular Hbond substituents is 2. The van der Waals surface area contributed by atoms with Crippen molar-refractivity contribution >= 4 is 10.9 Å². The number of benzene rings is 1. The average molecular weight is 149 g/mol. The number of hydrogen-bond donors (Lipinski definition) is 3. The van der Waals surface area contributed by atoms with Crippen molar-refractivity contribution in [2.75, 3.05) is 0 Å². The number of phenols is 2. The summed E-state index contributed by atoms with van der Waals surface area (Å²) in [7, 11) is 0. The number of rotatable bonds is 0. The minimum absolute atomic E-state index is 0.0660. The molecule has 1 aromatic heterocycles. The summed E-state index contributed by atoms with van der Waals surface area (Å²) in [5, 5.41) is 19.0. The third-order valence-corrected chi connectivity index (χ3v) is 1.68. The maximum atomic E-state index is 9.28. The van der Waals surface area contributed by atoms with E-state index in [-0.39, 0.29) is 11.5 Å². The normalized spacial score (nSPS) is 10.5. The number of aromatic amines is 1. The van der Waals surface area contributed by atoms with Gasteiger partial charge in [0.05, 0.1) is 0 Å². The molecule has 0 atom stereocenters. The summed E-state index contributed by atoms with van der Waals surface area (Å²) in [6.45, 7) is 0. The van der Waals surface area contributed by atoms with E-state index in [0.29, 0.717) is 5.39 Å². The lowest BCUT2D eigenvalue weighted by Gasteiger charge is -1.96. The Morgan fingerprint density at radius 1 is 1.09 bits per heavy atom. The van der Waals surface area contributed by atoms with E-state index in [1.807, 2.05) is 0 Å². The highest BCUT2D eigenvalue weighted by Gasteiger charge is 2.03. The fourth-order valence-corrected chi connectivity index (χ4v) is 1.11. The van der Waals surface area contributed by atoms with Crippen LogP contribution in [0.4, 0.5) is 0 Å². The summed E-state index contributed by atoms with van der Waals surface area (Å²) in [5.41, 5.74) is 0.820. The molecule has 3 nitrogen and oxygen atoms in total. The Kier molecular flexibility index (Phi) is 1.06. The monoisotopic (exact) mass is 149 g/mol. The Labute approximate surface area is 62.9 Å². The minimum atomic E-state index is -0.0860. The third-order valence-electron chi connectivity index (χ3n) is 1.68. The molecule has 0 unspecified atom stereocenters. The third kappa shape index (κ3) is 0.741. The van der Waals surface area contributed by atoms with Gasteiger partial charge in [0.2, 0.25) is 0 Å². The van der Waals surface area contributed by atoms with Crippen LogP contribution in [0, 0.1) is 0 Å². The Balaban J connectivity index is 2.93. The second-order valence-electron chi connectivity index (χ2n) is 2.37. The standard InChI is InChI=1S/C8H7NO2/c10-7-2-1-6-5(8(7)11)3-4-9-6/h1-4,9-11H. The zero-order valence-electron chi connectivity index (χ0n) is 5.70. The second kappa shape index (κ2) is 1.92. The first-order valence-electron chi connectivity index (χ1n) is 3.27. The van der Waals surface area contributed by atoms with E-state index >= 15 is 0 Å². The Bertz CT molecular complexity index is 392. The van der Waals surface area contributed by atoms with Crippen molar-refractivity contribution in [1.29, 1.82) is 0 Å². The molecule has 3 N–H and O–H groups in total. The van der Waals surface area contributed by atoms with Crippen LogP contribution in [-0.4, -0.2) is 15.2 Å². The largest absolute Gasteiger partial charge is 0.504 e. The van der Waals surface area contributed by atoms with Crippen molar-refractivity contribution in [3.63, 3.8) is 0 Å². The highest BCUT2D eigenvalue weighted by molar-refractivity contribution is 5.87. The van der Waals surface area contributed by atoms with Gasteiger partial charge in [-0.25, -0.2) is 0 Å². The topological polar surface area (TPSA) is 56.2 Å². The number of fused-ring (bicyclic) bond motifs is 1. The highest BCUT2D eigenvalue weighted by atomic mass is 16.3. The maximum absolute atomic E-state index is 9.28. The Morgan fingerprint density at radius 3 is 2.73 bits per heavy atom. The van der Waals surface area contributed by atoms with Crippen LogP contribution in [-0.2, 0) is 0 Å². The number of H-pyrrole nitrogens is 1. The van der Waals surface area contributed by atoms with Gasteiger partial charge in [0.25, 0.3) is 0 Å². The van der Waals surface area contributed by atoms with Crippen LogP contribution < -0.4 is 0 Å². The van der Waals surface area contributed by atoms with Gasteiger partial charge in [-0.1, -0.05) is 0 Å². The molecule has 0 saturated heterocycles. The Morgan fingerprint density at radius 2 is 1.91 bits per heavy atom. The average Bonchev–Trinajstić information content (AvgIpc) is 2.45.